The number of alkyl halides is 1. The van der Waals surface area contributed by atoms with Crippen molar-refractivity contribution < 1.29 is 9.18 Å². The monoisotopic (exact) mass is 327 g/mol. The van der Waals surface area contributed by atoms with Crippen LogP contribution in [0.4, 0.5) is 4.39 Å². The minimum atomic E-state index is -0.293. The summed E-state index contributed by atoms with van der Waals surface area (Å²) in [5.41, 5.74) is 0.939. The van der Waals surface area contributed by atoms with E-state index >= 15 is 0 Å². The van der Waals surface area contributed by atoms with Crippen LogP contribution < -0.4 is 5.32 Å². The number of benzene rings is 1. The van der Waals surface area contributed by atoms with E-state index in [9.17, 15) is 9.18 Å². The second-order valence-corrected chi connectivity index (χ2v) is 5.98. The molecule has 0 bridgehead atoms. The van der Waals surface area contributed by atoms with Gasteiger partial charge >= 0.3 is 0 Å². The van der Waals surface area contributed by atoms with Gasteiger partial charge in [0.1, 0.15) is 5.82 Å². The molecule has 0 unspecified atom stereocenters. The van der Waals surface area contributed by atoms with Crippen molar-refractivity contribution in [1.29, 1.82) is 0 Å². The molecule has 0 aliphatic heterocycles. The first-order valence-corrected chi connectivity index (χ1v) is 7.83. The van der Waals surface area contributed by atoms with Crippen molar-refractivity contribution in [2.45, 2.75) is 32.1 Å². The summed E-state index contributed by atoms with van der Waals surface area (Å²) in [6.07, 6.45) is 5.06. The second-order valence-electron chi connectivity index (χ2n) is 5.42. The number of hydrogen-bond donors (Lipinski definition) is 1. The fraction of sp³-hybridized carbons (Fsp3) is 0.533. The van der Waals surface area contributed by atoms with Crippen LogP contribution in [0.5, 0.6) is 0 Å². The maximum atomic E-state index is 13.0. The highest BCUT2D eigenvalue weighted by Gasteiger charge is 2.32. The number of nitrogens with one attached hydrogen (secondary N) is 1. The molecule has 1 aromatic carbocycles. The third-order valence-electron chi connectivity index (χ3n) is 3.86. The van der Waals surface area contributed by atoms with E-state index < -0.39 is 0 Å². The first-order valence-electron chi connectivity index (χ1n) is 6.71. The number of carbonyl (C=O) groups is 1. The molecule has 104 valence electrons. The second kappa shape index (κ2) is 6.51. The Balaban J connectivity index is 1.84. The third kappa shape index (κ3) is 4.03. The van der Waals surface area contributed by atoms with Crippen LogP contribution in [0, 0.1) is 11.2 Å². The molecule has 0 saturated heterocycles. The first-order chi connectivity index (χ1) is 9.13. The van der Waals surface area contributed by atoms with Gasteiger partial charge in [0.15, 0.2) is 0 Å². The molecule has 0 radical (unpaired) electrons. The number of carbonyl (C=O) groups excluding carboxylic acids is 1. The first kappa shape index (κ1) is 14.5. The Labute approximate surface area is 121 Å². The lowest BCUT2D eigenvalue weighted by Crippen LogP contribution is -2.37. The molecule has 1 saturated carbocycles. The van der Waals surface area contributed by atoms with Crippen LogP contribution in [-0.2, 0) is 11.2 Å². The molecule has 19 heavy (non-hydrogen) atoms. The van der Waals surface area contributed by atoms with Crippen molar-refractivity contribution in [3.8, 4) is 0 Å². The van der Waals surface area contributed by atoms with Crippen LogP contribution in [0.2, 0.25) is 0 Å². The van der Waals surface area contributed by atoms with Gasteiger partial charge < -0.3 is 5.32 Å². The zero-order chi connectivity index (χ0) is 13.7. The van der Waals surface area contributed by atoms with Crippen molar-refractivity contribution in [1.82, 2.24) is 5.32 Å². The summed E-state index contributed by atoms with van der Waals surface area (Å²) < 4.78 is 13.0. The zero-order valence-electron chi connectivity index (χ0n) is 10.9. The number of halogens is 2. The Morgan fingerprint density at radius 2 is 2.11 bits per heavy atom. The van der Waals surface area contributed by atoms with Crippen molar-refractivity contribution in [2.24, 2.45) is 5.41 Å². The minimum Gasteiger partial charge on any atom is -0.355 e. The molecule has 0 spiro atoms. The zero-order valence-corrected chi connectivity index (χ0v) is 12.5. The lowest BCUT2D eigenvalue weighted by molar-refractivity contribution is -0.120. The van der Waals surface area contributed by atoms with Gasteiger partial charge in [-0.05, 0) is 36.0 Å². The average molecular weight is 328 g/mol. The molecule has 1 fully saturated rings. The predicted octanol–water partition coefficient (Wildman–Crippen LogP) is 3.44. The molecule has 2 rings (SSSR count). The normalized spacial score (nSPS) is 17.4. The number of hydrogen-bond acceptors (Lipinski definition) is 1. The van der Waals surface area contributed by atoms with Crippen LogP contribution in [0.3, 0.4) is 0 Å². The largest absolute Gasteiger partial charge is 0.355 e. The lowest BCUT2D eigenvalue weighted by Gasteiger charge is -2.26. The fourth-order valence-electron chi connectivity index (χ4n) is 2.66. The molecule has 0 heterocycles. The summed E-state index contributed by atoms with van der Waals surface area (Å²) in [6.45, 7) is 0.715. The van der Waals surface area contributed by atoms with Crippen LogP contribution in [-0.4, -0.2) is 17.8 Å². The Kier molecular flexibility index (Phi) is 4.97. The van der Waals surface area contributed by atoms with E-state index in [-0.39, 0.29) is 23.6 Å². The van der Waals surface area contributed by atoms with E-state index in [0.29, 0.717) is 6.54 Å². The fourth-order valence-corrected chi connectivity index (χ4v) is 3.42. The van der Waals surface area contributed by atoms with Gasteiger partial charge in [0, 0.05) is 11.9 Å². The van der Waals surface area contributed by atoms with Gasteiger partial charge in [0.05, 0.1) is 6.42 Å². The molecule has 4 heteroatoms. The molecular weight excluding hydrogens is 309 g/mol. The maximum Gasteiger partial charge on any atom is 0.224 e. The van der Waals surface area contributed by atoms with Gasteiger partial charge in [-0.1, -0.05) is 40.9 Å². The van der Waals surface area contributed by atoms with Crippen molar-refractivity contribution in [3.63, 3.8) is 0 Å². The van der Waals surface area contributed by atoms with E-state index in [0.717, 1.165) is 10.9 Å². The molecule has 1 amide bonds. The minimum absolute atomic E-state index is 0.0298. The van der Waals surface area contributed by atoms with Crippen molar-refractivity contribution >= 4 is 21.8 Å². The highest BCUT2D eigenvalue weighted by Crippen LogP contribution is 2.38. The van der Waals surface area contributed by atoms with Crippen molar-refractivity contribution in [2.75, 3.05) is 11.9 Å². The molecule has 0 atom stereocenters. The van der Waals surface area contributed by atoms with E-state index in [4.69, 9.17) is 0 Å². The SMILES string of the molecule is O=C(Cc1cccc(F)c1)NCC1(CBr)CCCC1. The summed E-state index contributed by atoms with van der Waals surface area (Å²) in [5.74, 6) is -0.323. The highest BCUT2D eigenvalue weighted by molar-refractivity contribution is 9.09. The summed E-state index contributed by atoms with van der Waals surface area (Å²) in [4.78, 5) is 11.9. The highest BCUT2D eigenvalue weighted by atomic mass is 79.9. The topological polar surface area (TPSA) is 29.1 Å². The summed E-state index contributed by atoms with van der Waals surface area (Å²) >= 11 is 3.56. The van der Waals surface area contributed by atoms with Crippen molar-refractivity contribution in [3.05, 3.63) is 35.6 Å². The van der Waals surface area contributed by atoms with Crippen LogP contribution in [0.1, 0.15) is 31.2 Å². The maximum absolute atomic E-state index is 13.0. The van der Waals surface area contributed by atoms with Crippen LogP contribution >= 0.6 is 15.9 Å². The summed E-state index contributed by atoms with van der Waals surface area (Å²) in [7, 11) is 0. The van der Waals surface area contributed by atoms with Gasteiger partial charge in [-0.15, -0.1) is 0 Å². The van der Waals surface area contributed by atoms with Gasteiger partial charge in [0.2, 0.25) is 5.91 Å². The molecule has 1 N–H and O–H groups in total. The molecule has 1 aliphatic carbocycles. The molecule has 1 aliphatic rings. The summed E-state index contributed by atoms with van der Waals surface area (Å²) in [5, 5.41) is 3.92. The van der Waals surface area contributed by atoms with Crippen LogP contribution in [0.15, 0.2) is 24.3 Å². The van der Waals surface area contributed by atoms with E-state index in [1.165, 1.54) is 37.8 Å². The average Bonchev–Trinajstić information content (AvgIpc) is 2.86. The third-order valence-corrected chi connectivity index (χ3v) is 5.05. The van der Waals surface area contributed by atoms with E-state index in [1.54, 1.807) is 12.1 Å². The molecule has 2 nitrogen and oxygen atoms in total. The van der Waals surface area contributed by atoms with E-state index in [2.05, 4.69) is 21.2 Å². The van der Waals surface area contributed by atoms with E-state index in [1.807, 2.05) is 0 Å². The molecular formula is C15H19BrFNO. The van der Waals surface area contributed by atoms with Crippen LogP contribution in [0.25, 0.3) is 0 Å². The van der Waals surface area contributed by atoms with Gasteiger partial charge in [-0.2, -0.15) is 0 Å². The Hall–Kier alpha value is -0.900. The Morgan fingerprint density at radius 1 is 1.37 bits per heavy atom. The Morgan fingerprint density at radius 3 is 2.74 bits per heavy atom. The smallest absolute Gasteiger partial charge is 0.224 e. The number of amides is 1. The van der Waals surface area contributed by atoms with Gasteiger partial charge in [0.25, 0.3) is 0 Å². The Bertz CT molecular complexity index is 444. The molecule has 1 aromatic rings. The predicted molar refractivity (Wildman–Crippen MR) is 77.8 cm³/mol. The number of rotatable bonds is 5. The van der Waals surface area contributed by atoms with Gasteiger partial charge in [-0.3, -0.25) is 4.79 Å². The quantitative estimate of drug-likeness (QED) is 0.825. The summed E-state index contributed by atoms with van der Waals surface area (Å²) in [6, 6.07) is 6.21. The van der Waals surface area contributed by atoms with Gasteiger partial charge in [-0.25, -0.2) is 4.39 Å². The standard InChI is InChI=1S/C15H19BrFNO/c16-10-15(6-1-2-7-15)11-18-14(19)9-12-4-3-5-13(17)8-12/h3-5,8H,1-2,6-7,9-11H2,(H,18,19). The lowest BCUT2D eigenvalue weighted by atomic mass is 9.89. The molecule has 0 aromatic heterocycles.